The third-order valence-electron chi connectivity index (χ3n) is 3.25. The van der Waals surface area contributed by atoms with Crippen molar-refractivity contribution in [2.24, 2.45) is 0 Å². The van der Waals surface area contributed by atoms with Gasteiger partial charge in [-0.3, -0.25) is 14.9 Å². The normalized spacial score (nSPS) is 10.2. The van der Waals surface area contributed by atoms with E-state index in [0.29, 0.717) is 24.9 Å². The van der Waals surface area contributed by atoms with Crippen LogP contribution in [0.2, 0.25) is 0 Å². The van der Waals surface area contributed by atoms with Crippen molar-refractivity contribution in [2.75, 3.05) is 30.3 Å². The third-order valence-corrected chi connectivity index (χ3v) is 3.25. The van der Waals surface area contributed by atoms with Crippen LogP contribution in [0.3, 0.4) is 0 Å². The molecule has 0 aliphatic rings. The highest BCUT2D eigenvalue weighted by Crippen LogP contribution is 2.17. The molecule has 1 aromatic heterocycles. The molecule has 2 aromatic rings. The maximum atomic E-state index is 12.1. The number of aromatic nitrogens is 2. The number of benzene rings is 1. The monoisotopic (exact) mass is 344 g/mol. The minimum atomic E-state index is -0.570. The second-order valence-electron chi connectivity index (χ2n) is 5.21. The number of hydrogen-bond acceptors (Lipinski definition) is 7. The molecule has 0 saturated heterocycles. The molecule has 3 N–H and O–H groups in total. The highest BCUT2D eigenvalue weighted by atomic mass is 16.6. The van der Waals surface area contributed by atoms with Crippen molar-refractivity contribution in [1.82, 2.24) is 15.3 Å². The van der Waals surface area contributed by atoms with Crippen molar-refractivity contribution in [3.8, 4) is 0 Å². The van der Waals surface area contributed by atoms with Gasteiger partial charge in [0.15, 0.2) is 0 Å². The summed E-state index contributed by atoms with van der Waals surface area (Å²) in [6.45, 7) is 5.26. The highest BCUT2D eigenvalue weighted by Gasteiger charge is 2.18. The Morgan fingerprint density at radius 2 is 1.96 bits per heavy atom. The van der Waals surface area contributed by atoms with E-state index in [1.807, 2.05) is 13.8 Å². The summed E-state index contributed by atoms with van der Waals surface area (Å²) in [6, 6.07) is 7.64. The molecule has 9 heteroatoms. The zero-order valence-electron chi connectivity index (χ0n) is 14.1. The number of rotatable bonds is 8. The summed E-state index contributed by atoms with van der Waals surface area (Å²) >= 11 is 0. The zero-order valence-corrected chi connectivity index (χ0v) is 14.1. The molecule has 0 atom stereocenters. The van der Waals surface area contributed by atoms with Crippen LogP contribution in [0.15, 0.2) is 30.3 Å². The number of nitrogens with zero attached hydrogens (tertiary/aromatic N) is 3. The molecule has 0 radical (unpaired) electrons. The summed E-state index contributed by atoms with van der Waals surface area (Å²) in [5.41, 5.74) is 0.645. The Morgan fingerprint density at radius 3 is 2.68 bits per heavy atom. The van der Waals surface area contributed by atoms with Crippen LogP contribution in [0, 0.1) is 17.0 Å². The first-order valence-corrected chi connectivity index (χ1v) is 7.86. The Morgan fingerprint density at radius 1 is 1.20 bits per heavy atom. The van der Waals surface area contributed by atoms with Gasteiger partial charge in [-0.05, 0) is 19.9 Å². The van der Waals surface area contributed by atoms with E-state index in [1.165, 1.54) is 18.2 Å². The Hall–Kier alpha value is -3.23. The van der Waals surface area contributed by atoms with Gasteiger partial charge in [0.25, 0.3) is 11.6 Å². The minimum absolute atomic E-state index is 0.0415. The van der Waals surface area contributed by atoms with Crippen LogP contribution in [0.1, 0.15) is 23.0 Å². The molecule has 1 heterocycles. The van der Waals surface area contributed by atoms with Gasteiger partial charge >= 0.3 is 0 Å². The van der Waals surface area contributed by atoms with Crippen molar-refractivity contribution in [3.63, 3.8) is 0 Å². The Balaban J connectivity index is 1.89. The number of carbonyl (C=O) groups is 1. The lowest BCUT2D eigenvalue weighted by Gasteiger charge is -2.10. The Bertz CT molecular complexity index is 765. The number of aryl methyl sites for hydroxylation is 1. The maximum absolute atomic E-state index is 12.1. The van der Waals surface area contributed by atoms with Crippen molar-refractivity contribution in [3.05, 3.63) is 51.7 Å². The van der Waals surface area contributed by atoms with Crippen LogP contribution in [0.5, 0.6) is 0 Å². The second kappa shape index (κ2) is 8.57. The number of nitro benzene ring substituents is 1. The van der Waals surface area contributed by atoms with Gasteiger partial charge in [0.1, 0.15) is 11.4 Å². The number of para-hydroxylation sites is 1. The van der Waals surface area contributed by atoms with Crippen LogP contribution in [-0.4, -0.2) is 40.4 Å². The summed E-state index contributed by atoms with van der Waals surface area (Å²) in [5.74, 6) is 0.693. The SMILES string of the molecule is CCNc1nc(C)cc(NCCNC(=O)c2ccccc2[N+](=O)[O-])n1. The summed E-state index contributed by atoms with van der Waals surface area (Å²) in [5, 5.41) is 19.7. The van der Waals surface area contributed by atoms with Crippen LogP contribution in [-0.2, 0) is 0 Å². The predicted octanol–water partition coefficient (Wildman–Crippen LogP) is 1.97. The second-order valence-corrected chi connectivity index (χ2v) is 5.21. The molecule has 2 rings (SSSR count). The van der Waals surface area contributed by atoms with E-state index >= 15 is 0 Å². The molecule has 0 saturated carbocycles. The highest BCUT2D eigenvalue weighted by molar-refractivity contribution is 5.98. The summed E-state index contributed by atoms with van der Waals surface area (Å²) in [4.78, 5) is 31.0. The van der Waals surface area contributed by atoms with Crippen LogP contribution < -0.4 is 16.0 Å². The zero-order chi connectivity index (χ0) is 18.2. The molecule has 0 unspecified atom stereocenters. The van der Waals surface area contributed by atoms with Crippen molar-refractivity contribution in [1.29, 1.82) is 0 Å². The number of amides is 1. The Labute approximate surface area is 145 Å². The van der Waals surface area contributed by atoms with Crippen molar-refractivity contribution >= 4 is 23.4 Å². The smallest absolute Gasteiger partial charge is 0.282 e. The molecule has 0 spiro atoms. The first-order valence-electron chi connectivity index (χ1n) is 7.86. The van der Waals surface area contributed by atoms with E-state index in [0.717, 1.165) is 12.2 Å². The van der Waals surface area contributed by atoms with E-state index in [9.17, 15) is 14.9 Å². The van der Waals surface area contributed by atoms with Crippen LogP contribution >= 0.6 is 0 Å². The number of carbonyl (C=O) groups excluding carboxylic acids is 1. The fourth-order valence-corrected chi connectivity index (χ4v) is 2.18. The van der Waals surface area contributed by atoms with Gasteiger partial charge < -0.3 is 16.0 Å². The van der Waals surface area contributed by atoms with E-state index in [-0.39, 0.29) is 11.3 Å². The average Bonchev–Trinajstić information content (AvgIpc) is 2.58. The summed E-state index contributed by atoms with van der Waals surface area (Å²) in [6.07, 6.45) is 0. The number of anilines is 2. The topological polar surface area (TPSA) is 122 Å². The number of nitro groups is 1. The number of nitrogens with one attached hydrogen (secondary N) is 3. The Kier molecular flexibility index (Phi) is 6.21. The van der Waals surface area contributed by atoms with E-state index in [2.05, 4.69) is 25.9 Å². The third kappa shape index (κ3) is 5.13. The molecule has 132 valence electrons. The maximum Gasteiger partial charge on any atom is 0.282 e. The molecule has 0 bridgehead atoms. The number of hydrogen-bond donors (Lipinski definition) is 3. The van der Waals surface area contributed by atoms with Crippen LogP contribution in [0.25, 0.3) is 0 Å². The fourth-order valence-electron chi connectivity index (χ4n) is 2.18. The van der Waals surface area contributed by atoms with Gasteiger partial charge in [-0.2, -0.15) is 4.98 Å². The molecule has 25 heavy (non-hydrogen) atoms. The van der Waals surface area contributed by atoms with Gasteiger partial charge in [0.2, 0.25) is 5.95 Å². The predicted molar refractivity (Wildman–Crippen MR) is 94.9 cm³/mol. The molecular weight excluding hydrogens is 324 g/mol. The molecule has 0 aliphatic heterocycles. The van der Waals surface area contributed by atoms with Gasteiger partial charge in [0.05, 0.1) is 4.92 Å². The van der Waals surface area contributed by atoms with Gasteiger partial charge in [-0.1, -0.05) is 12.1 Å². The van der Waals surface area contributed by atoms with E-state index in [1.54, 1.807) is 12.1 Å². The molecule has 1 aromatic carbocycles. The first-order chi connectivity index (χ1) is 12.0. The fraction of sp³-hybridized carbons (Fsp3) is 0.312. The molecule has 9 nitrogen and oxygen atoms in total. The molecule has 0 fully saturated rings. The average molecular weight is 344 g/mol. The molecule has 0 aliphatic carbocycles. The van der Waals surface area contributed by atoms with Crippen LogP contribution in [0.4, 0.5) is 17.5 Å². The molecule has 1 amide bonds. The van der Waals surface area contributed by atoms with Gasteiger partial charge in [-0.15, -0.1) is 0 Å². The lowest BCUT2D eigenvalue weighted by Crippen LogP contribution is -2.29. The van der Waals surface area contributed by atoms with Gasteiger partial charge in [-0.25, -0.2) is 4.98 Å². The summed E-state index contributed by atoms with van der Waals surface area (Å²) < 4.78 is 0. The quantitative estimate of drug-likeness (QED) is 0.380. The van der Waals surface area contributed by atoms with Crippen molar-refractivity contribution in [2.45, 2.75) is 13.8 Å². The van der Waals surface area contributed by atoms with E-state index in [4.69, 9.17) is 0 Å². The van der Waals surface area contributed by atoms with Crippen molar-refractivity contribution < 1.29 is 9.72 Å². The lowest BCUT2D eigenvalue weighted by atomic mass is 10.1. The minimum Gasteiger partial charge on any atom is -0.368 e. The van der Waals surface area contributed by atoms with Gasteiger partial charge in [0, 0.05) is 37.5 Å². The summed E-state index contributed by atoms with van der Waals surface area (Å²) in [7, 11) is 0. The largest absolute Gasteiger partial charge is 0.368 e. The van der Waals surface area contributed by atoms with E-state index < -0.39 is 10.8 Å². The standard InChI is InChI=1S/C16H20N6O3/c1-3-17-16-20-11(2)10-14(21-16)18-8-9-19-15(23)12-6-4-5-7-13(12)22(24)25/h4-7,10H,3,8-9H2,1-2H3,(H,19,23)(H2,17,18,20,21). The molecular formula is C16H20N6O3. The lowest BCUT2D eigenvalue weighted by molar-refractivity contribution is -0.385. The first kappa shape index (κ1) is 18.1.